The monoisotopic (exact) mass is 504 g/mol. The fourth-order valence-corrected chi connectivity index (χ4v) is 6.03. The summed E-state index contributed by atoms with van der Waals surface area (Å²) in [6, 6.07) is -0.473. The van der Waals surface area contributed by atoms with E-state index in [-0.39, 0.29) is 21.2 Å². The van der Waals surface area contributed by atoms with Crippen molar-refractivity contribution in [3.05, 3.63) is 64.0 Å². The first-order valence-electron chi connectivity index (χ1n) is 10.8. The van der Waals surface area contributed by atoms with Gasteiger partial charge in [-0.2, -0.15) is 23.4 Å². The van der Waals surface area contributed by atoms with Crippen molar-refractivity contribution in [2.45, 2.75) is 44.8 Å². The number of allylic oxidation sites excluding steroid dienone is 2. The van der Waals surface area contributed by atoms with E-state index in [9.17, 15) is 21.6 Å². The fourth-order valence-electron chi connectivity index (χ4n) is 4.55. The summed E-state index contributed by atoms with van der Waals surface area (Å²) in [6.45, 7) is 7.20. The lowest BCUT2D eigenvalue weighted by Gasteiger charge is -2.28. The van der Waals surface area contributed by atoms with Crippen molar-refractivity contribution in [3.8, 4) is 11.3 Å². The van der Waals surface area contributed by atoms with Crippen LogP contribution >= 0.6 is 0 Å². The summed E-state index contributed by atoms with van der Waals surface area (Å²) in [5.41, 5.74) is 4.00. The summed E-state index contributed by atoms with van der Waals surface area (Å²) >= 11 is 0. The number of hydrogen-bond donors (Lipinski definition) is 3. The molecule has 12 heteroatoms. The van der Waals surface area contributed by atoms with Crippen LogP contribution in [0.3, 0.4) is 0 Å². The molecule has 0 spiro atoms. The molecule has 2 atom stereocenters. The molecule has 0 saturated carbocycles. The van der Waals surface area contributed by atoms with Crippen molar-refractivity contribution in [2.24, 2.45) is 5.10 Å². The highest BCUT2D eigenvalue weighted by atomic mass is 32.2. The van der Waals surface area contributed by atoms with Gasteiger partial charge in [0.2, 0.25) is 9.84 Å². The van der Waals surface area contributed by atoms with Crippen molar-refractivity contribution in [3.63, 3.8) is 0 Å². The molecular weight excluding hydrogens is 481 g/mol. The molecule has 3 heterocycles. The number of alkyl halides is 3. The second-order valence-electron chi connectivity index (χ2n) is 8.14. The average molecular weight is 505 g/mol. The molecule has 8 nitrogen and oxygen atoms in total. The van der Waals surface area contributed by atoms with Crippen LogP contribution in [-0.4, -0.2) is 40.9 Å². The summed E-state index contributed by atoms with van der Waals surface area (Å²) in [6.07, 6.45) is 4.05. The van der Waals surface area contributed by atoms with Gasteiger partial charge >= 0.3 is 6.18 Å². The predicted octanol–water partition coefficient (Wildman–Crippen LogP) is 4.28. The molecule has 1 aliphatic carbocycles. The lowest BCUT2D eigenvalue weighted by atomic mass is 9.81. The standard InChI is InChI=1S/C23H23F3N6O2S/c1-4-6-14-12(3)18-16(29-20(14)15-11-28-31-21(15)23(24,25)26)7-8-17-19(18)22(32-30-17)35(33,34)13(5-2)9-10-27/h5,7-11,17,19,27,30H,2,4,6H2,1,3H3,(H,28,31)/b13-9+,27-10?. The first-order valence-corrected chi connectivity index (χ1v) is 12.3. The number of aromatic nitrogens is 3. The Morgan fingerprint density at radius 3 is 2.71 bits per heavy atom. The van der Waals surface area contributed by atoms with Crippen molar-refractivity contribution >= 4 is 27.2 Å². The predicted molar refractivity (Wildman–Crippen MR) is 128 cm³/mol. The van der Waals surface area contributed by atoms with Gasteiger partial charge in [0, 0.05) is 12.4 Å². The highest BCUT2D eigenvalue weighted by Gasteiger charge is 2.44. The van der Waals surface area contributed by atoms with Crippen LogP contribution in [0.2, 0.25) is 0 Å². The zero-order chi connectivity index (χ0) is 25.5. The maximum atomic E-state index is 13.6. The van der Waals surface area contributed by atoms with Crippen LogP contribution in [0.15, 0.2) is 41.0 Å². The number of halogens is 3. The first-order chi connectivity index (χ1) is 16.6. The minimum absolute atomic E-state index is 0.152. The quantitative estimate of drug-likeness (QED) is 0.400. The number of sulfone groups is 1. The molecule has 1 aliphatic heterocycles. The van der Waals surface area contributed by atoms with E-state index in [4.69, 9.17) is 5.41 Å². The summed E-state index contributed by atoms with van der Waals surface area (Å²) in [7, 11) is -4.09. The zero-order valence-electron chi connectivity index (χ0n) is 18.9. The SMILES string of the molecule is C=C/C(=C\C=N)S(=O)(=O)C1=NNC2C=Cc3nc(-c4c[nH]nc4C(F)(F)F)c(CCC)c(C)c3C12. The van der Waals surface area contributed by atoms with Crippen LogP contribution < -0.4 is 5.43 Å². The van der Waals surface area contributed by atoms with E-state index in [0.717, 1.165) is 18.4 Å². The normalized spacial score (nSPS) is 19.6. The van der Waals surface area contributed by atoms with Gasteiger partial charge in [0.05, 0.1) is 33.8 Å². The maximum absolute atomic E-state index is 13.6. The van der Waals surface area contributed by atoms with Gasteiger partial charge in [-0.25, -0.2) is 13.4 Å². The van der Waals surface area contributed by atoms with Gasteiger partial charge in [-0.15, -0.1) is 0 Å². The number of nitrogens with one attached hydrogen (secondary N) is 3. The molecule has 35 heavy (non-hydrogen) atoms. The number of rotatable bonds is 6. The number of fused-ring (bicyclic) bond motifs is 3. The number of hydrazone groups is 1. The van der Waals surface area contributed by atoms with Crippen LogP contribution in [0, 0.1) is 12.3 Å². The van der Waals surface area contributed by atoms with E-state index in [0.29, 0.717) is 35.2 Å². The lowest BCUT2D eigenvalue weighted by Crippen LogP contribution is -2.33. The molecule has 2 aromatic rings. The first kappa shape index (κ1) is 24.6. The average Bonchev–Trinajstić information content (AvgIpc) is 3.46. The van der Waals surface area contributed by atoms with Crippen molar-refractivity contribution in [1.29, 1.82) is 5.41 Å². The molecular formula is C23H23F3N6O2S. The molecule has 0 fully saturated rings. The van der Waals surface area contributed by atoms with Crippen molar-refractivity contribution in [1.82, 2.24) is 20.6 Å². The topological polar surface area (TPSA) is 124 Å². The van der Waals surface area contributed by atoms with Gasteiger partial charge in [0.15, 0.2) is 10.7 Å². The van der Waals surface area contributed by atoms with Crippen LogP contribution in [0.1, 0.15) is 47.3 Å². The number of pyridine rings is 1. The van der Waals surface area contributed by atoms with Gasteiger partial charge in [0.25, 0.3) is 0 Å². The Labute approximate surface area is 200 Å². The minimum Gasteiger partial charge on any atom is -0.309 e. The summed E-state index contributed by atoms with van der Waals surface area (Å²) in [5.74, 6) is -0.738. The Hall–Kier alpha value is -3.54. The summed E-state index contributed by atoms with van der Waals surface area (Å²) in [4.78, 5) is 4.42. The van der Waals surface area contributed by atoms with Gasteiger partial charge in [0.1, 0.15) is 0 Å². The molecule has 2 aromatic heterocycles. The third kappa shape index (κ3) is 4.01. The number of hydrogen-bond acceptors (Lipinski definition) is 7. The van der Waals surface area contributed by atoms with Crippen LogP contribution in [-0.2, 0) is 22.4 Å². The van der Waals surface area contributed by atoms with E-state index in [2.05, 4.69) is 32.3 Å². The molecule has 0 saturated heterocycles. The molecule has 3 N–H and O–H groups in total. The molecule has 184 valence electrons. The van der Waals surface area contributed by atoms with E-state index < -0.39 is 33.7 Å². The van der Waals surface area contributed by atoms with E-state index >= 15 is 0 Å². The maximum Gasteiger partial charge on any atom is 0.435 e. The Bertz CT molecular complexity index is 1400. The van der Waals surface area contributed by atoms with Gasteiger partial charge < -0.3 is 10.8 Å². The lowest BCUT2D eigenvalue weighted by molar-refractivity contribution is -0.140. The molecule has 0 radical (unpaired) electrons. The van der Waals surface area contributed by atoms with Gasteiger partial charge in [-0.05, 0) is 42.2 Å². The van der Waals surface area contributed by atoms with E-state index in [1.165, 1.54) is 6.20 Å². The molecule has 2 unspecified atom stereocenters. The highest BCUT2D eigenvalue weighted by Crippen LogP contribution is 2.43. The number of aromatic amines is 1. The van der Waals surface area contributed by atoms with Gasteiger partial charge in [-0.1, -0.05) is 32.1 Å². The van der Waals surface area contributed by atoms with Crippen LogP contribution in [0.4, 0.5) is 13.2 Å². The largest absolute Gasteiger partial charge is 0.435 e. The summed E-state index contributed by atoms with van der Waals surface area (Å²) in [5, 5.41) is 16.9. The summed E-state index contributed by atoms with van der Waals surface area (Å²) < 4.78 is 67.5. The molecule has 2 aliphatic rings. The van der Waals surface area contributed by atoms with E-state index in [1.54, 1.807) is 19.1 Å². The third-order valence-corrected chi connectivity index (χ3v) is 7.89. The highest BCUT2D eigenvalue weighted by molar-refractivity contribution is 8.10. The Morgan fingerprint density at radius 2 is 2.09 bits per heavy atom. The molecule has 0 aromatic carbocycles. The smallest absolute Gasteiger partial charge is 0.309 e. The Kier molecular flexibility index (Phi) is 6.26. The van der Waals surface area contributed by atoms with Crippen molar-refractivity contribution in [2.75, 3.05) is 0 Å². The zero-order valence-corrected chi connectivity index (χ0v) is 19.8. The Balaban J connectivity index is 1.94. The molecule has 0 amide bonds. The van der Waals surface area contributed by atoms with Gasteiger partial charge in [-0.3, -0.25) is 5.10 Å². The molecule has 4 rings (SSSR count). The number of nitrogens with zero attached hydrogens (tertiary/aromatic N) is 3. The second kappa shape index (κ2) is 8.91. The van der Waals surface area contributed by atoms with E-state index in [1.807, 2.05) is 6.92 Å². The second-order valence-corrected chi connectivity index (χ2v) is 10.0. The Morgan fingerprint density at radius 1 is 1.34 bits per heavy atom. The van der Waals surface area contributed by atoms with Crippen LogP contribution in [0.25, 0.3) is 17.3 Å². The third-order valence-electron chi connectivity index (χ3n) is 6.07. The fraction of sp³-hybridized carbons (Fsp3) is 0.304. The number of H-pyrrole nitrogens is 1. The minimum atomic E-state index is -4.67. The van der Waals surface area contributed by atoms with Crippen LogP contribution in [0.5, 0.6) is 0 Å². The molecule has 0 bridgehead atoms. The van der Waals surface area contributed by atoms with Crippen molar-refractivity contribution < 1.29 is 21.6 Å².